The minimum absolute atomic E-state index is 0.0386. The number of rotatable bonds is 2. The highest BCUT2D eigenvalue weighted by atomic mass is 79.9. The summed E-state index contributed by atoms with van der Waals surface area (Å²) in [5.41, 5.74) is 0.977. The summed E-state index contributed by atoms with van der Waals surface area (Å²) < 4.78 is 6.61. The van der Waals surface area contributed by atoms with Gasteiger partial charge in [-0.05, 0) is 71.7 Å². The van der Waals surface area contributed by atoms with E-state index < -0.39 is 0 Å². The maximum atomic E-state index is 12.3. The molecule has 6 atom stereocenters. The van der Waals surface area contributed by atoms with Gasteiger partial charge < -0.3 is 4.74 Å². The minimum Gasteiger partial charge on any atom is -0.462 e. The Morgan fingerprint density at radius 3 is 2.92 bits per heavy atom. The number of carbonyl (C=O) groups excluding carboxylic acids is 1. The third-order valence-electron chi connectivity index (χ3n) is 6.31. The number of hydrogen-bond acceptors (Lipinski definition) is 3. The van der Waals surface area contributed by atoms with Crippen molar-refractivity contribution in [1.29, 1.82) is 0 Å². The fourth-order valence-electron chi connectivity index (χ4n) is 5.28. The Labute approximate surface area is 152 Å². The summed E-state index contributed by atoms with van der Waals surface area (Å²) in [6.07, 6.45) is 12.6. The highest BCUT2D eigenvalue weighted by Crippen LogP contribution is 2.53. The molecule has 0 N–H and O–H groups in total. The van der Waals surface area contributed by atoms with Gasteiger partial charge in [-0.2, -0.15) is 0 Å². The number of allylic oxidation sites excluding steroid dienone is 1. The number of carbonyl (C=O) groups is 1. The van der Waals surface area contributed by atoms with Crippen molar-refractivity contribution < 1.29 is 9.53 Å². The molecule has 5 unspecified atom stereocenters. The zero-order valence-corrected chi connectivity index (χ0v) is 15.6. The van der Waals surface area contributed by atoms with Crippen LogP contribution < -0.4 is 0 Å². The van der Waals surface area contributed by atoms with Crippen LogP contribution in [0.3, 0.4) is 0 Å². The molecule has 1 aromatic heterocycles. The van der Waals surface area contributed by atoms with Crippen molar-refractivity contribution in [3.63, 3.8) is 0 Å². The lowest BCUT2D eigenvalue weighted by atomic mass is 9.57. The standard InChI is InChI=1S/C20H24BrNO2/c1-12-19-17(9-8-15-7-6-14(21)11-22-15)16-5-3-2-4-13(16)10-18(19)20(23)24-12/h6-9,11-13,16-19H,2-5,10H2,1H3/b9-8+/t12?,13?,16?,17?,18-,19?/m1/s1. The van der Waals surface area contributed by atoms with Crippen LogP contribution in [0.4, 0.5) is 0 Å². The molecule has 3 aliphatic rings. The molecule has 0 radical (unpaired) electrons. The number of pyridine rings is 1. The van der Waals surface area contributed by atoms with Crippen molar-refractivity contribution in [2.75, 3.05) is 0 Å². The Balaban J connectivity index is 1.63. The van der Waals surface area contributed by atoms with Gasteiger partial charge in [-0.25, -0.2) is 0 Å². The number of esters is 1. The molecule has 1 aliphatic heterocycles. The molecule has 3 nitrogen and oxygen atoms in total. The molecule has 2 heterocycles. The molecule has 2 aliphatic carbocycles. The molecule has 0 spiro atoms. The Kier molecular flexibility index (Phi) is 4.50. The zero-order chi connectivity index (χ0) is 16.7. The third kappa shape index (κ3) is 2.94. The summed E-state index contributed by atoms with van der Waals surface area (Å²) >= 11 is 3.43. The summed E-state index contributed by atoms with van der Waals surface area (Å²) in [5.74, 6) is 2.29. The van der Waals surface area contributed by atoms with Crippen molar-refractivity contribution in [2.24, 2.45) is 29.6 Å². The third-order valence-corrected chi connectivity index (χ3v) is 6.78. The maximum Gasteiger partial charge on any atom is 0.309 e. The summed E-state index contributed by atoms with van der Waals surface area (Å²) in [4.78, 5) is 16.7. The fourth-order valence-corrected chi connectivity index (χ4v) is 5.52. The van der Waals surface area contributed by atoms with E-state index in [0.717, 1.165) is 16.6 Å². The highest BCUT2D eigenvalue weighted by molar-refractivity contribution is 9.10. The second kappa shape index (κ2) is 6.62. The summed E-state index contributed by atoms with van der Waals surface area (Å²) in [5, 5.41) is 0. The molecule has 0 aromatic carbocycles. The Bertz CT molecular complexity index is 642. The molecule has 1 aromatic rings. The molecule has 1 saturated heterocycles. The van der Waals surface area contributed by atoms with Crippen LogP contribution in [0.25, 0.3) is 6.08 Å². The van der Waals surface area contributed by atoms with E-state index in [4.69, 9.17) is 4.74 Å². The van der Waals surface area contributed by atoms with Gasteiger partial charge in [0.2, 0.25) is 0 Å². The molecule has 0 bridgehead atoms. The van der Waals surface area contributed by atoms with Gasteiger partial charge in [0.05, 0.1) is 11.6 Å². The van der Waals surface area contributed by atoms with Gasteiger partial charge in [0.15, 0.2) is 0 Å². The summed E-state index contributed by atoms with van der Waals surface area (Å²) in [7, 11) is 0. The molecular formula is C20H24BrNO2. The highest BCUT2D eigenvalue weighted by Gasteiger charge is 2.53. The quantitative estimate of drug-likeness (QED) is 0.677. The molecular weight excluding hydrogens is 366 g/mol. The number of ether oxygens (including phenoxy) is 1. The first kappa shape index (κ1) is 16.3. The van der Waals surface area contributed by atoms with Crippen LogP contribution in [0, 0.1) is 29.6 Å². The molecule has 4 heteroatoms. The van der Waals surface area contributed by atoms with E-state index in [-0.39, 0.29) is 18.0 Å². The molecule has 2 saturated carbocycles. The van der Waals surface area contributed by atoms with Gasteiger partial charge >= 0.3 is 5.97 Å². The fraction of sp³-hybridized carbons (Fsp3) is 0.600. The summed E-state index contributed by atoms with van der Waals surface area (Å²) in [6, 6.07) is 4.05. The number of aromatic nitrogens is 1. The van der Waals surface area contributed by atoms with Crippen LogP contribution in [-0.4, -0.2) is 17.1 Å². The molecule has 0 amide bonds. The van der Waals surface area contributed by atoms with Crippen molar-refractivity contribution >= 4 is 28.0 Å². The van der Waals surface area contributed by atoms with Crippen molar-refractivity contribution in [3.05, 3.63) is 34.6 Å². The first-order valence-corrected chi connectivity index (χ1v) is 9.93. The van der Waals surface area contributed by atoms with E-state index in [9.17, 15) is 4.79 Å². The van der Waals surface area contributed by atoms with E-state index in [1.165, 1.54) is 25.7 Å². The maximum absolute atomic E-state index is 12.3. The average molecular weight is 390 g/mol. The van der Waals surface area contributed by atoms with Gasteiger partial charge in [-0.1, -0.05) is 25.3 Å². The van der Waals surface area contributed by atoms with Crippen molar-refractivity contribution in [1.82, 2.24) is 4.98 Å². The zero-order valence-electron chi connectivity index (χ0n) is 14.0. The van der Waals surface area contributed by atoms with Gasteiger partial charge in [-0.15, -0.1) is 0 Å². The van der Waals surface area contributed by atoms with Crippen LogP contribution in [0.15, 0.2) is 28.9 Å². The van der Waals surface area contributed by atoms with Crippen LogP contribution >= 0.6 is 15.9 Å². The lowest BCUT2D eigenvalue weighted by Crippen LogP contribution is -2.42. The van der Waals surface area contributed by atoms with Crippen molar-refractivity contribution in [3.8, 4) is 0 Å². The van der Waals surface area contributed by atoms with E-state index in [1.54, 1.807) is 0 Å². The number of halogens is 1. The topological polar surface area (TPSA) is 39.2 Å². The largest absolute Gasteiger partial charge is 0.462 e. The van der Waals surface area contributed by atoms with Crippen LogP contribution in [0.1, 0.15) is 44.7 Å². The summed E-state index contributed by atoms with van der Waals surface area (Å²) in [6.45, 7) is 2.07. The van der Waals surface area contributed by atoms with E-state index in [2.05, 4.69) is 40.0 Å². The van der Waals surface area contributed by atoms with Gasteiger partial charge in [0, 0.05) is 16.6 Å². The van der Waals surface area contributed by atoms with Crippen LogP contribution in [0.2, 0.25) is 0 Å². The molecule has 3 fully saturated rings. The second-order valence-corrected chi connectivity index (χ2v) is 8.52. The van der Waals surface area contributed by atoms with Crippen molar-refractivity contribution in [2.45, 2.75) is 45.1 Å². The lowest BCUT2D eigenvalue weighted by molar-refractivity contribution is -0.144. The first-order chi connectivity index (χ1) is 11.6. The smallest absolute Gasteiger partial charge is 0.309 e. The normalized spacial score (nSPS) is 38.7. The number of cyclic esters (lactones) is 1. The predicted octanol–water partition coefficient (Wildman–Crippen LogP) is 4.86. The van der Waals surface area contributed by atoms with E-state index >= 15 is 0 Å². The van der Waals surface area contributed by atoms with Gasteiger partial charge in [0.1, 0.15) is 6.10 Å². The predicted molar refractivity (Wildman–Crippen MR) is 97.1 cm³/mol. The molecule has 128 valence electrons. The number of fused-ring (bicyclic) bond motifs is 2. The first-order valence-electron chi connectivity index (χ1n) is 9.14. The number of hydrogen-bond donors (Lipinski definition) is 0. The van der Waals surface area contributed by atoms with Crippen LogP contribution in [0.5, 0.6) is 0 Å². The van der Waals surface area contributed by atoms with Gasteiger partial charge in [0.25, 0.3) is 0 Å². The van der Waals surface area contributed by atoms with Gasteiger partial charge in [-0.3, -0.25) is 9.78 Å². The lowest BCUT2D eigenvalue weighted by Gasteiger charge is -2.45. The SMILES string of the molecule is CC1OC(=O)[C@@H]2CC3CCCCC3C(/C=C/c3ccc(Br)cn3)C12. The van der Waals surface area contributed by atoms with E-state index in [0.29, 0.717) is 23.7 Å². The van der Waals surface area contributed by atoms with Crippen LogP contribution in [-0.2, 0) is 9.53 Å². The van der Waals surface area contributed by atoms with E-state index in [1.807, 2.05) is 18.3 Å². The minimum atomic E-state index is 0.0386. The molecule has 24 heavy (non-hydrogen) atoms. The monoisotopic (exact) mass is 389 g/mol. The number of nitrogens with zero attached hydrogens (tertiary/aromatic N) is 1. The Morgan fingerprint density at radius 1 is 1.29 bits per heavy atom. The molecule has 4 rings (SSSR count). The Morgan fingerprint density at radius 2 is 2.12 bits per heavy atom. The Hall–Kier alpha value is -1.16. The second-order valence-electron chi connectivity index (χ2n) is 7.61. The average Bonchev–Trinajstić information content (AvgIpc) is 2.87.